The number of hydrogen-bond acceptors (Lipinski definition) is 2. The third-order valence-electron chi connectivity index (χ3n) is 3.09. The summed E-state index contributed by atoms with van der Waals surface area (Å²) in [6.45, 7) is 1.91. The molecule has 1 aliphatic carbocycles. The number of imidazole rings is 1. The maximum atomic E-state index is 6.13. The highest BCUT2D eigenvalue weighted by molar-refractivity contribution is 6.30. The summed E-state index contributed by atoms with van der Waals surface area (Å²) in [4.78, 5) is 4.39. The first-order valence-electron chi connectivity index (χ1n) is 5.04. The number of hydrogen-bond donors (Lipinski definition) is 1. The highest BCUT2D eigenvalue weighted by atomic mass is 35.5. The van der Waals surface area contributed by atoms with E-state index in [1.165, 1.54) is 0 Å². The smallest absolute Gasteiger partial charge is 0.138 e. The summed E-state index contributed by atoms with van der Waals surface area (Å²) in [6.07, 6.45) is 4.08. The van der Waals surface area contributed by atoms with Gasteiger partial charge >= 0.3 is 0 Å². The zero-order chi connectivity index (χ0) is 10.6. The van der Waals surface area contributed by atoms with Gasteiger partial charge in [0.15, 0.2) is 0 Å². The van der Waals surface area contributed by atoms with Gasteiger partial charge in [0.25, 0.3) is 0 Å². The molecule has 0 atom stereocenters. The van der Waals surface area contributed by atoms with Crippen LogP contribution in [0.15, 0.2) is 18.3 Å². The summed E-state index contributed by atoms with van der Waals surface area (Å²) in [6, 6.07) is 4.07. The van der Waals surface area contributed by atoms with E-state index in [1.54, 1.807) is 0 Å². The summed E-state index contributed by atoms with van der Waals surface area (Å²) in [5.41, 5.74) is 8.93. The van der Waals surface area contributed by atoms with Crippen molar-refractivity contribution in [2.24, 2.45) is 5.73 Å². The number of aryl methyl sites for hydroxylation is 1. The average Bonchev–Trinajstić information content (AvgIpc) is 2.90. The molecule has 78 valence electrons. The quantitative estimate of drug-likeness (QED) is 0.803. The lowest BCUT2D eigenvalue weighted by Gasteiger charge is -2.08. The second-order valence-electron chi connectivity index (χ2n) is 4.29. The van der Waals surface area contributed by atoms with E-state index >= 15 is 0 Å². The molecule has 1 fully saturated rings. The number of aromatic nitrogens is 2. The predicted octanol–water partition coefficient (Wildman–Crippen LogP) is 2.24. The van der Waals surface area contributed by atoms with Crippen LogP contribution in [0, 0.1) is 6.92 Å². The summed E-state index contributed by atoms with van der Waals surface area (Å²) in [5, 5.41) is 0.679. The number of rotatable bonds is 1. The largest absolute Gasteiger partial charge is 0.321 e. The van der Waals surface area contributed by atoms with Crippen molar-refractivity contribution >= 4 is 17.2 Å². The van der Waals surface area contributed by atoms with Gasteiger partial charge < -0.3 is 5.73 Å². The summed E-state index contributed by atoms with van der Waals surface area (Å²) in [5.74, 6) is 0. The van der Waals surface area contributed by atoms with Crippen molar-refractivity contribution in [1.82, 2.24) is 9.38 Å². The van der Waals surface area contributed by atoms with Crippen molar-refractivity contribution in [3.05, 3.63) is 34.7 Å². The van der Waals surface area contributed by atoms with Crippen molar-refractivity contribution in [3.63, 3.8) is 0 Å². The van der Waals surface area contributed by atoms with Crippen molar-refractivity contribution in [3.8, 4) is 0 Å². The van der Waals surface area contributed by atoms with Crippen LogP contribution < -0.4 is 5.73 Å². The highest BCUT2D eigenvalue weighted by Crippen LogP contribution is 2.42. The molecule has 0 radical (unpaired) electrons. The Hall–Kier alpha value is -1.06. The first-order chi connectivity index (χ1) is 7.10. The van der Waals surface area contributed by atoms with Gasteiger partial charge in [-0.15, -0.1) is 0 Å². The van der Waals surface area contributed by atoms with E-state index in [1.807, 2.05) is 29.7 Å². The van der Waals surface area contributed by atoms with Gasteiger partial charge in [0.1, 0.15) is 10.8 Å². The standard InChI is InChI=1S/C11H12ClN3/c1-7-10(12)15-5-2-8(6-9(15)14-7)11(13)3-4-11/h2,5-6H,3-4,13H2,1H3. The Bertz CT molecular complexity index is 540. The van der Waals surface area contributed by atoms with Crippen molar-refractivity contribution < 1.29 is 0 Å². The third-order valence-corrected chi connectivity index (χ3v) is 3.55. The average molecular weight is 222 g/mol. The van der Waals surface area contributed by atoms with Gasteiger partial charge in [-0.25, -0.2) is 4.98 Å². The predicted molar refractivity (Wildman–Crippen MR) is 60.0 cm³/mol. The van der Waals surface area contributed by atoms with E-state index in [9.17, 15) is 0 Å². The van der Waals surface area contributed by atoms with Gasteiger partial charge in [-0.1, -0.05) is 11.6 Å². The van der Waals surface area contributed by atoms with Gasteiger partial charge in [-0.05, 0) is 37.5 Å². The monoisotopic (exact) mass is 221 g/mol. The molecule has 0 spiro atoms. The van der Waals surface area contributed by atoms with Gasteiger partial charge in [0.2, 0.25) is 0 Å². The Kier molecular flexibility index (Phi) is 1.68. The van der Waals surface area contributed by atoms with E-state index in [2.05, 4.69) is 4.98 Å². The fraction of sp³-hybridized carbons (Fsp3) is 0.364. The molecule has 0 unspecified atom stereocenters. The van der Waals surface area contributed by atoms with Crippen molar-refractivity contribution in [2.45, 2.75) is 25.3 Å². The lowest BCUT2D eigenvalue weighted by Crippen LogP contribution is -2.18. The zero-order valence-corrected chi connectivity index (χ0v) is 9.25. The molecular formula is C11H12ClN3. The molecule has 3 nitrogen and oxygen atoms in total. The fourth-order valence-corrected chi connectivity index (χ4v) is 2.05. The molecule has 2 aromatic rings. The topological polar surface area (TPSA) is 43.3 Å². The lowest BCUT2D eigenvalue weighted by molar-refractivity contribution is 0.738. The minimum Gasteiger partial charge on any atom is -0.321 e. The Balaban J connectivity index is 2.22. The van der Waals surface area contributed by atoms with E-state index in [0.717, 1.165) is 29.7 Å². The first kappa shape index (κ1) is 9.19. The van der Waals surface area contributed by atoms with E-state index in [0.29, 0.717) is 5.15 Å². The Labute approximate surface area is 92.9 Å². The van der Waals surface area contributed by atoms with Crippen LogP contribution in [0.25, 0.3) is 5.65 Å². The van der Waals surface area contributed by atoms with Crippen LogP contribution in [0.5, 0.6) is 0 Å². The molecule has 3 rings (SSSR count). The second-order valence-corrected chi connectivity index (χ2v) is 4.65. The van der Waals surface area contributed by atoms with Crippen LogP contribution in [-0.4, -0.2) is 9.38 Å². The Morgan fingerprint density at radius 1 is 1.53 bits per heavy atom. The molecule has 0 amide bonds. The number of nitrogens with two attached hydrogens (primary N) is 1. The summed E-state index contributed by atoms with van der Waals surface area (Å²) >= 11 is 6.09. The van der Waals surface area contributed by atoms with Crippen molar-refractivity contribution in [1.29, 1.82) is 0 Å². The number of nitrogens with zero attached hydrogens (tertiary/aromatic N) is 2. The molecule has 1 saturated carbocycles. The lowest BCUT2D eigenvalue weighted by atomic mass is 10.1. The van der Waals surface area contributed by atoms with Crippen LogP contribution in [0.1, 0.15) is 24.1 Å². The highest BCUT2D eigenvalue weighted by Gasteiger charge is 2.40. The van der Waals surface area contributed by atoms with Gasteiger partial charge in [-0.2, -0.15) is 0 Å². The van der Waals surface area contributed by atoms with E-state index in [4.69, 9.17) is 17.3 Å². The molecule has 0 saturated heterocycles. The summed E-state index contributed by atoms with van der Waals surface area (Å²) in [7, 11) is 0. The van der Waals surface area contributed by atoms with Gasteiger partial charge in [0.05, 0.1) is 5.69 Å². The van der Waals surface area contributed by atoms with Crippen LogP contribution in [0.4, 0.5) is 0 Å². The third kappa shape index (κ3) is 1.27. The Morgan fingerprint density at radius 2 is 2.27 bits per heavy atom. The van der Waals surface area contributed by atoms with Crippen LogP contribution in [-0.2, 0) is 5.54 Å². The fourth-order valence-electron chi connectivity index (χ4n) is 1.87. The molecule has 0 aromatic carbocycles. The van der Waals surface area contributed by atoms with Gasteiger partial charge in [-0.3, -0.25) is 4.40 Å². The molecule has 2 heterocycles. The molecular weight excluding hydrogens is 210 g/mol. The number of fused-ring (bicyclic) bond motifs is 1. The van der Waals surface area contributed by atoms with Crippen LogP contribution >= 0.6 is 11.6 Å². The van der Waals surface area contributed by atoms with Gasteiger partial charge in [0, 0.05) is 11.7 Å². The maximum absolute atomic E-state index is 6.13. The van der Waals surface area contributed by atoms with Crippen molar-refractivity contribution in [2.75, 3.05) is 0 Å². The SMILES string of the molecule is Cc1nc2cc(C3(N)CC3)ccn2c1Cl. The number of halogens is 1. The van der Waals surface area contributed by atoms with E-state index in [-0.39, 0.29) is 5.54 Å². The molecule has 15 heavy (non-hydrogen) atoms. The molecule has 2 N–H and O–H groups in total. The zero-order valence-electron chi connectivity index (χ0n) is 8.50. The molecule has 1 aliphatic rings. The molecule has 4 heteroatoms. The minimum atomic E-state index is -0.103. The second kappa shape index (κ2) is 2.74. The van der Waals surface area contributed by atoms with E-state index < -0.39 is 0 Å². The normalized spacial score (nSPS) is 18.3. The first-order valence-corrected chi connectivity index (χ1v) is 5.41. The Morgan fingerprint density at radius 3 is 2.93 bits per heavy atom. The van der Waals surface area contributed by atoms with Crippen LogP contribution in [0.2, 0.25) is 5.15 Å². The maximum Gasteiger partial charge on any atom is 0.138 e. The number of pyridine rings is 1. The molecule has 2 aromatic heterocycles. The molecule has 0 bridgehead atoms. The minimum absolute atomic E-state index is 0.103. The van der Waals surface area contributed by atoms with Crippen LogP contribution in [0.3, 0.4) is 0 Å². The molecule has 0 aliphatic heterocycles. The summed E-state index contributed by atoms with van der Waals surface area (Å²) < 4.78 is 1.88.